The summed E-state index contributed by atoms with van der Waals surface area (Å²) in [5.74, 6) is -2.06. The molecule has 0 atom stereocenters. The lowest BCUT2D eigenvalue weighted by Gasteiger charge is -2.10. The molecule has 1 heterocycles. The molecule has 3 aromatic rings. The Morgan fingerprint density at radius 1 is 1.17 bits per heavy atom. The highest BCUT2D eigenvalue weighted by molar-refractivity contribution is 6.49. The van der Waals surface area contributed by atoms with Gasteiger partial charge in [0.05, 0.1) is 16.3 Å². The fourth-order valence-corrected chi connectivity index (χ4v) is 3.02. The van der Waals surface area contributed by atoms with E-state index in [1.807, 2.05) is 13.0 Å². The summed E-state index contributed by atoms with van der Waals surface area (Å²) >= 11 is 6.14. The predicted molar refractivity (Wildman–Crippen MR) is 92.1 cm³/mol. The number of amides is 1. The average molecular weight is 345 g/mol. The normalized spacial score (nSPS) is 10.8. The highest BCUT2D eigenvalue weighted by atomic mass is 35.5. The van der Waals surface area contributed by atoms with Gasteiger partial charge in [-0.15, -0.1) is 0 Å². The number of anilines is 1. The van der Waals surface area contributed by atoms with Crippen molar-refractivity contribution in [2.45, 2.75) is 13.8 Å². The molecule has 0 aliphatic rings. The molecule has 0 radical (unpaired) electrons. The van der Waals surface area contributed by atoms with Crippen LogP contribution in [0.15, 0.2) is 36.5 Å². The van der Waals surface area contributed by atoms with E-state index in [9.17, 15) is 14.0 Å². The van der Waals surface area contributed by atoms with Gasteiger partial charge < -0.3 is 10.3 Å². The third kappa shape index (κ3) is 2.90. The van der Waals surface area contributed by atoms with Gasteiger partial charge in [0.15, 0.2) is 0 Å². The number of aryl methyl sites for hydroxylation is 2. The number of Topliss-reactive ketones (excluding diaryl/α,β-unsaturated/α-hetero) is 1. The Labute approximate surface area is 142 Å². The summed E-state index contributed by atoms with van der Waals surface area (Å²) in [5.41, 5.74) is 2.80. The summed E-state index contributed by atoms with van der Waals surface area (Å²) in [6.45, 7) is 3.68. The van der Waals surface area contributed by atoms with Crippen molar-refractivity contribution in [1.29, 1.82) is 0 Å². The van der Waals surface area contributed by atoms with E-state index in [0.29, 0.717) is 21.6 Å². The second kappa shape index (κ2) is 6.09. The molecule has 2 aromatic carbocycles. The van der Waals surface area contributed by atoms with Crippen LogP contribution in [0.3, 0.4) is 0 Å². The summed E-state index contributed by atoms with van der Waals surface area (Å²) in [6.07, 6.45) is 1.40. The van der Waals surface area contributed by atoms with Crippen LogP contribution in [-0.4, -0.2) is 16.7 Å². The van der Waals surface area contributed by atoms with Gasteiger partial charge in [-0.3, -0.25) is 9.59 Å². The molecule has 122 valence electrons. The number of nitrogens with one attached hydrogen (secondary N) is 2. The molecule has 0 bridgehead atoms. The van der Waals surface area contributed by atoms with Crippen LogP contribution >= 0.6 is 11.6 Å². The molecule has 2 N–H and O–H groups in total. The molecule has 0 saturated heterocycles. The van der Waals surface area contributed by atoms with Crippen LogP contribution in [0.25, 0.3) is 10.9 Å². The lowest BCUT2D eigenvalue weighted by atomic mass is 10.1. The van der Waals surface area contributed by atoms with Crippen LogP contribution < -0.4 is 5.32 Å². The first kappa shape index (κ1) is 16.2. The van der Waals surface area contributed by atoms with E-state index in [-0.39, 0.29) is 5.56 Å². The van der Waals surface area contributed by atoms with Gasteiger partial charge in [0, 0.05) is 17.1 Å². The minimum Gasteiger partial charge on any atom is -0.360 e. The Kier molecular flexibility index (Phi) is 4.11. The number of carbonyl (C=O) groups excluding carboxylic acids is 2. The van der Waals surface area contributed by atoms with Crippen LogP contribution in [0, 0.1) is 19.7 Å². The van der Waals surface area contributed by atoms with Crippen molar-refractivity contribution in [3.8, 4) is 0 Å². The minimum absolute atomic E-state index is 0.114. The Hall–Kier alpha value is -2.66. The van der Waals surface area contributed by atoms with E-state index in [4.69, 9.17) is 11.6 Å². The quantitative estimate of drug-likeness (QED) is 0.546. The third-order valence-electron chi connectivity index (χ3n) is 3.76. The van der Waals surface area contributed by atoms with Gasteiger partial charge in [0.25, 0.3) is 11.7 Å². The topological polar surface area (TPSA) is 62.0 Å². The number of hydrogen-bond donors (Lipinski definition) is 2. The number of H-pyrrole nitrogens is 1. The van der Waals surface area contributed by atoms with Gasteiger partial charge >= 0.3 is 0 Å². The molecule has 0 saturated carbocycles. The fraction of sp³-hybridized carbons (Fsp3) is 0.111. The van der Waals surface area contributed by atoms with Crippen LogP contribution in [0.5, 0.6) is 0 Å². The lowest BCUT2D eigenvalue weighted by Crippen LogP contribution is -2.23. The minimum atomic E-state index is -0.825. The zero-order valence-electron chi connectivity index (χ0n) is 13.0. The second-order valence-electron chi connectivity index (χ2n) is 5.61. The zero-order valence-corrected chi connectivity index (χ0v) is 13.8. The van der Waals surface area contributed by atoms with E-state index in [1.54, 1.807) is 13.0 Å². The molecule has 0 aliphatic carbocycles. The molecule has 0 aliphatic heterocycles. The molecule has 0 spiro atoms. The van der Waals surface area contributed by atoms with Gasteiger partial charge in [-0.05, 0) is 49.2 Å². The second-order valence-corrected chi connectivity index (χ2v) is 6.02. The lowest BCUT2D eigenvalue weighted by molar-refractivity contribution is -0.112. The number of hydrogen-bond acceptors (Lipinski definition) is 2. The monoisotopic (exact) mass is 344 g/mol. The smallest absolute Gasteiger partial charge is 0.296 e. The van der Waals surface area contributed by atoms with Crippen LogP contribution in [0.1, 0.15) is 21.5 Å². The number of fused-ring (bicyclic) bond motifs is 1. The molecule has 4 nitrogen and oxygen atoms in total. The molecule has 0 unspecified atom stereocenters. The Bertz CT molecular complexity index is 955. The summed E-state index contributed by atoms with van der Waals surface area (Å²) < 4.78 is 13.4. The van der Waals surface area contributed by atoms with Crippen molar-refractivity contribution in [3.63, 3.8) is 0 Å². The SMILES string of the molecule is Cc1cc(C)c(NC(=O)C(=O)c2c[nH]c3ccc(F)cc23)c(Cl)c1. The maximum absolute atomic E-state index is 13.4. The van der Waals surface area contributed by atoms with Crippen molar-refractivity contribution in [2.24, 2.45) is 0 Å². The number of halogens is 2. The summed E-state index contributed by atoms with van der Waals surface area (Å²) in [6, 6.07) is 7.57. The van der Waals surface area contributed by atoms with Gasteiger partial charge in [0.2, 0.25) is 0 Å². The number of rotatable bonds is 3. The van der Waals surface area contributed by atoms with Crippen LogP contribution in [0.4, 0.5) is 10.1 Å². The first-order valence-electron chi connectivity index (χ1n) is 7.26. The van der Waals surface area contributed by atoms with E-state index in [2.05, 4.69) is 10.3 Å². The van der Waals surface area contributed by atoms with Crippen molar-refractivity contribution >= 4 is 39.9 Å². The van der Waals surface area contributed by atoms with E-state index >= 15 is 0 Å². The summed E-state index contributed by atoms with van der Waals surface area (Å²) in [4.78, 5) is 27.6. The molecule has 0 fully saturated rings. The first-order valence-corrected chi connectivity index (χ1v) is 7.63. The number of carbonyl (C=O) groups is 2. The molecular formula is C18H14ClFN2O2. The molecule has 6 heteroatoms. The van der Waals surface area contributed by atoms with Gasteiger partial charge in [-0.1, -0.05) is 17.7 Å². The average Bonchev–Trinajstić information content (AvgIpc) is 2.92. The number of aromatic nitrogens is 1. The third-order valence-corrected chi connectivity index (χ3v) is 4.06. The van der Waals surface area contributed by atoms with E-state index in [1.165, 1.54) is 24.4 Å². The van der Waals surface area contributed by atoms with Gasteiger partial charge in [-0.25, -0.2) is 4.39 Å². The Morgan fingerprint density at radius 2 is 1.92 bits per heavy atom. The Balaban J connectivity index is 1.93. The van der Waals surface area contributed by atoms with Crippen molar-refractivity contribution in [2.75, 3.05) is 5.32 Å². The molecule has 1 amide bonds. The number of benzene rings is 2. The van der Waals surface area contributed by atoms with Crippen LogP contribution in [0.2, 0.25) is 5.02 Å². The van der Waals surface area contributed by atoms with Gasteiger partial charge in [-0.2, -0.15) is 0 Å². The molecule has 1 aromatic heterocycles. The summed E-state index contributed by atoms with van der Waals surface area (Å²) in [5, 5.41) is 3.27. The Morgan fingerprint density at radius 3 is 2.62 bits per heavy atom. The highest BCUT2D eigenvalue weighted by Crippen LogP contribution is 2.28. The largest absolute Gasteiger partial charge is 0.360 e. The van der Waals surface area contributed by atoms with Crippen molar-refractivity contribution < 1.29 is 14.0 Å². The maximum Gasteiger partial charge on any atom is 0.296 e. The molecule has 3 rings (SSSR count). The number of ketones is 1. The number of aromatic amines is 1. The van der Waals surface area contributed by atoms with E-state index in [0.717, 1.165) is 11.1 Å². The predicted octanol–water partition coefficient (Wildman–Crippen LogP) is 4.40. The van der Waals surface area contributed by atoms with Crippen LogP contribution in [-0.2, 0) is 4.79 Å². The molecule has 24 heavy (non-hydrogen) atoms. The van der Waals surface area contributed by atoms with Crippen molar-refractivity contribution in [3.05, 3.63) is 64.1 Å². The highest BCUT2D eigenvalue weighted by Gasteiger charge is 2.21. The summed E-state index contributed by atoms with van der Waals surface area (Å²) in [7, 11) is 0. The van der Waals surface area contributed by atoms with E-state index < -0.39 is 17.5 Å². The zero-order chi connectivity index (χ0) is 17.4. The first-order chi connectivity index (χ1) is 11.4. The molecular weight excluding hydrogens is 331 g/mol. The van der Waals surface area contributed by atoms with Crippen molar-refractivity contribution in [1.82, 2.24) is 4.98 Å². The fourth-order valence-electron chi connectivity index (χ4n) is 2.65. The van der Waals surface area contributed by atoms with Gasteiger partial charge in [0.1, 0.15) is 5.82 Å². The maximum atomic E-state index is 13.4. The standard InChI is InChI=1S/C18H14ClFN2O2/c1-9-5-10(2)16(14(19)6-9)22-18(24)17(23)13-8-21-15-4-3-11(20)7-12(13)15/h3-8,21H,1-2H3,(H,22,24).